The van der Waals surface area contributed by atoms with Gasteiger partial charge in [0, 0.05) is 19.4 Å². The second-order valence-corrected chi connectivity index (χ2v) is 4.04. The molecule has 0 radical (unpaired) electrons. The van der Waals surface area contributed by atoms with Crippen molar-refractivity contribution in [3.63, 3.8) is 0 Å². The Bertz CT molecular complexity index is 422. The van der Waals surface area contributed by atoms with Crippen LogP contribution < -0.4 is 4.74 Å². The second-order valence-electron chi connectivity index (χ2n) is 3.29. The molecule has 0 fully saturated rings. The lowest BCUT2D eigenvalue weighted by Crippen LogP contribution is -2.20. The van der Waals surface area contributed by atoms with Crippen LogP contribution in [0.25, 0.3) is 0 Å². The summed E-state index contributed by atoms with van der Waals surface area (Å²) >= 11 is 3.28. The SMILES string of the molecule is COCC(/C=C/C(=O)OC)Oc1cccnc1Br. The van der Waals surface area contributed by atoms with E-state index >= 15 is 0 Å². The van der Waals surface area contributed by atoms with Crippen molar-refractivity contribution in [2.24, 2.45) is 0 Å². The van der Waals surface area contributed by atoms with E-state index in [-0.39, 0.29) is 0 Å². The summed E-state index contributed by atoms with van der Waals surface area (Å²) in [4.78, 5) is 15.1. The normalized spacial score (nSPS) is 12.4. The zero-order valence-corrected chi connectivity index (χ0v) is 11.7. The first-order chi connectivity index (χ1) is 8.67. The van der Waals surface area contributed by atoms with Crippen molar-refractivity contribution in [2.75, 3.05) is 20.8 Å². The lowest BCUT2D eigenvalue weighted by molar-refractivity contribution is -0.134. The lowest BCUT2D eigenvalue weighted by atomic mass is 10.3. The van der Waals surface area contributed by atoms with E-state index in [1.54, 1.807) is 31.5 Å². The van der Waals surface area contributed by atoms with E-state index in [1.807, 2.05) is 0 Å². The first-order valence-corrected chi connectivity index (χ1v) is 5.99. The van der Waals surface area contributed by atoms with E-state index in [0.29, 0.717) is 17.0 Å². The number of methoxy groups -OCH3 is 2. The number of ether oxygens (including phenoxy) is 3. The molecule has 0 aliphatic carbocycles. The summed E-state index contributed by atoms with van der Waals surface area (Å²) in [5, 5.41) is 0. The van der Waals surface area contributed by atoms with Crippen molar-refractivity contribution in [1.29, 1.82) is 0 Å². The Morgan fingerprint density at radius 3 is 2.94 bits per heavy atom. The summed E-state index contributed by atoms with van der Waals surface area (Å²) in [5.41, 5.74) is 0. The topological polar surface area (TPSA) is 57.7 Å². The third kappa shape index (κ3) is 4.85. The number of halogens is 1. The Labute approximate surface area is 114 Å². The highest BCUT2D eigenvalue weighted by Gasteiger charge is 2.10. The van der Waals surface area contributed by atoms with Gasteiger partial charge in [0.2, 0.25) is 0 Å². The minimum Gasteiger partial charge on any atom is -0.481 e. The molecule has 6 heteroatoms. The van der Waals surface area contributed by atoms with Gasteiger partial charge in [0.25, 0.3) is 0 Å². The monoisotopic (exact) mass is 315 g/mol. The Balaban J connectivity index is 2.71. The lowest BCUT2D eigenvalue weighted by Gasteiger charge is -2.15. The third-order valence-corrected chi connectivity index (χ3v) is 2.58. The maximum absolute atomic E-state index is 11.0. The average Bonchev–Trinajstić information content (AvgIpc) is 2.38. The molecule has 1 aromatic heterocycles. The number of pyridine rings is 1. The maximum Gasteiger partial charge on any atom is 0.330 e. The number of carbonyl (C=O) groups excluding carboxylic acids is 1. The minimum absolute atomic E-state index is 0.314. The molecule has 0 bridgehead atoms. The number of aromatic nitrogens is 1. The van der Waals surface area contributed by atoms with Gasteiger partial charge in [-0.1, -0.05) is 0 Å². The van der Waals surface area contributed by atoms with Gasteiger partial charge in [-0.3, -0.25) is 0 Å². The number of nitrogens with zero attached hydrogens (tertiary/aromatic N) is 1. The van der Waals surface area contributed by atoms with Crippen molar-refractivity contribution in [3.05, 3.63) is 35.1 Å². The van der Waals surface area contributed by atoms with Crippen molar-refractivity contribution in [1.82, 2.24) is 4.98 Å². The number of esters is 1. The molecule has 5 nitrogen and oxygen atoms in total. The van der Waals surface area contributed by atoms with Crippen LogP contribution >= 0.6 is 15.9 Å². The predicted molar refractivity (Wildman–Crippen MR) is 69.4 cm³/mol. The molecular formula is C12H14BrNO4. The summed E-state index contributed by atoms with van der Waals surface area (Å²) in [6.45, 7) is 0.314. The molecule has 0 saturated carbocycles. The number of rotatable bonds is 6. The maximum atomic E-state index is 11.0. The van der Waals surface area contributed by atoms with E-state index in [1.165, 1.54) is 13.2 Å². The van der Waals surface area contributed by atoms with E-state index in [9.17, 15) is 4.79 Å². The Morgan fingerprint density at radius 2 is 2.33 bits per heavy atom. The first-order valence-electron chi connectivity index (χ1n) is 5.19. The van der Waals surface area contributed by atoms with Crippen LogP contribution in [-0.4, -0.2) is 37.9 Å². The first kappa shape index (κ1) is 14.7. The fraction of sp³-hybridized carbons (Fsp3) is 0.333. The van der Waals surface area contributed by atoms with Crippen LogP contribution in [0.1, 0.15) is 0 Å². The molecule has 0 aliphatic heterocycles. The quantitative estimate of drug-likeness (QED) is 0.456. The fourth-order valence-corrected chi connectivity index (χ4v) is 1.51. The number of hydrogen-bond donors (Lipinski definition) is 0. The summed E-state index contributed by atoms with van der Waals surface area (Å²) in [7, 11) is 2.87. The van der Waals surface area contributed by atoms with Crippen LogP contribution in [0.5, 0.6) is 5.75 Å². The molecule has 98 valence electrons. The van der Waals surface area contributed by atoms with Crippen molar-refractivity contribution < 1.29 is 19.0 Å². The van der Waals surface area contributed by atoms with Crippen LogP contribution in [0.15, 0.2) is 35.1 Å². The van der Waals surface area contributed by atoms with Gasteiger partial charge in [0.1, 0.15) is 10.7 Å². The molecule has 0 saturated heterocycles. The van der Waals surface area contributed by atoms with Crippen molar-refractivity contribution in [2.45, 2.75) is 6.10 Å². The van der Waals surface area contributed by atoms with Gasteiger partial charge in [-0.15, -0.1) is 0 Å². The standard InChI is InChI=1S/C12H14BrNO4/c1-16-8-9(5-6-11(15)17-2)18-10-4-3-7-14-12(10)13/h3-7,9H,8H2,1-2H3/b6-5+. The van der Waals surface area contributed by atoms with Crippen molar-refractivity contribution in [3.8, 4) is 5.75 Å². The Kier molecular flexibility index (Phi) is 6.38. The predicted octanol–water partition coefficient (Wildman–Crippen LogP) is 1.97. The third-order valence-electron chi connectivity index (χ3n) is 1.98. The van der Waals surface area contributed by atoms with E-state index in [2.05, 4.69) is 25.7 Å². The Hall–Kier alpha value is -1.40. The molecule has 1 unspecified atom stereocenters. The van der Waals surface area contributed by atoms with Gasteiger partial charge >= 0.3 is 5.97 Å². The van der Waals surface area contributed by atoms with E-state index < -0.39 is 12.1 Å². The highest BCUT2D eigenvalue weighted by molar-refractivity contribution is 9.10. The minimum atomic E-state index is -0.440. The Morgan fingerprint density at radius 1 is 1.56 bits per heavy atom. The summed E-state index contributed by atoms with van der Waals surface area (Å²) in [6.07, 6.45) is 4.13. The van der Waals surface area contributed by atoms with Gasteiger partial charge < -0.3 is 14.2 Å². The molecule has 0 aliphatic rings. The van der Waals surface area contributed by atoms with Gasteiger partial charge in [-0.2, -0.15) is 0 Å². The van der Waals surface area contributed by atoms with Gasteiger partial charge in [0.15, 0.2) is 5.75 Å². The largest absolute Gasteiger partial charge is 0.481 e. The molecule has 0 N–H and O–H groups in total. The van der Waals surface area contributed by atoms with Crippen LogP contribution in [0.2, 0.25) is 0 Å². The summed E-state index contributed by atoms with van der Waals surface area (Å²) in [5.74, 6) is 0.138. The van der Waals surface area contributed by atoms with Crippen LogP contribution in [0.4, 0.5) is 0 Å². The van der Waals surface area contributed by atoms with Crippen LogP contribution in [0, 0.1) is 0 Å². The van der Waals surface area contributed by atoms with Gasteiger partial charge in [-0.25, -0.2) is 9.78 Å². The van der Waals surface area contributed by atoms with E-state index in [4.69, 9.17) is 9.47 Å². The molecule has 1 rings (SSSR count). The number of carbonyl (C=O) groups is 1. The molecule has 1 atom stereocenters. The molecule has 0 aromatic carbocycles. The van der Waals surface area contributed by atoms with Crippen LogP contribution in [0.3, 0.4) is 0 Å². The number of hydrogen-bond acceptors (Lipinski definition) is 5. The highest BCUT2D eigenvalue weighted by Crippen LogP contribution is 2.22. The molecule has 18 heavy (non-hydrogen) atoms. The molecule has 1 heterocycles. The van der Waals surface area contributed by atoms with E-state index in [0.717, 1.165) is 0 Å². The highest BCUT2D eigenvalue weighted by atomic mass is 79.9. The van der Waals surface area contributed by atoms with Crippen LogP contribution in [-0.2, 0) is 14.3 Å². The van der Waals surface area contributed by atoms with Gasteiger partial charge in [0.05, 0.1) is 13.7 Å². The van der Waals surface area contributed by atoms with Crippen molar-refractivity contribution >= 4 is 21.9 Å². The molecule has 1 aromatic rings. The zero-order chi connectivity index (χ0) is 13.4. The smallest absolute Gasteiger partial charge is 0.330 e. The second kappa shape index (κ2) is 7.84. The summed E-state index contributed by atoms with van der Waals surface area (Å²) < 4.78 is 15.8. The summed E-state index contributed by atoms with van der Waals surface area (Å²) in [6, 6.07) is 3.53. The molecular weight excluding hydrogens is 302 g/mol. The zero-order valence-electron chi connectivity index (χ0n) is 10.1. The molecule has 0 amide bonds. The fourth-order valence-electron chi connectivity index (χ4n) is 1.17. The molecule has 0 spiro atoms. The van der Waals surface area contributed by atoms with Gasteiger partial charge in [-0.05, 0) is 34.1 Å². The average molecular weight is 316 g/mol.